The molecule has 2 rings (SSSR count). The third-order valence-corrected chi connectivity index (χ3v) is 4.58. The van der Waals surface area contributed by atoms with E-state index in [0.717, 1.165) is 5.02 Å². The maximum atomic E-state index is 6.42. The molecule has 0 unspecified atom stereocenters. The Hall–Kier alpha value is -0.670. The van der Waals surface area contributed by atoms with Gasteiger partial charge in [-0.3, -0.25) is 0 Å². The highest BCUT2D eigenvalue weighted by Gasteiger charge is 2.24. The van der Waals surface area contributed by atoms with Gasteiger partial charge >= 0.3 is 0 Å². The van der Waals surface area contributed by atoms with Gasteiger partial charge in [0, 0.05) is 20.9 Å². The van der Waals surface area contributed by atoms with Crippen LogP contribution >= 0.6 is 35.8 Å². The van der Waals surface area contributed by atoms with Crippen molar-refractivity contribution in [1.82, 2.24) is 0 Å². The predicted octanol–water partition coefficient (Wildman–Crippen LogP) is 5.96. The minimum Gasteiger partial charge on any atom is -0.323 e. The highest BCUT2D eigenvalue weighted by atomic mass is 35.5. The standard InChI is InChI=1S/C17H20ClNS.ClH/c1-17(2,3)16(19)14-6-4-5-7-15(14)20-13-10-8-12(18)9-11-13;/h4-11,16H,19H2,1-3H3;1H/t16-;/m1./s1. The lowest BCUT2D eigenvalue weighted by molar-refractivity contribution is 0.324. The number of hydrogen-bond acceptors (Lipinski definition) is 2. The van der Waals surface area contributed by atoms with Crippen LogP contribution in [0.4, 0.5) is 0 Å². The third kappa shape index (κ3) is 4.93. The maximum Gasteiger partial charge on any atom is 0.0406 e. The molecule has 0 aromatic heterocycles. The molecule has 0 aliphatic carbocycles. The molecule has 0 heterocycles. The molecule has 1 atom stereocenters. The molecule has 0 saturated heterocycles. The molecule has 4 heteroatoms. The molecule has 0 spiro atoms. The molecule has 0 saturated carbocycles. The van der Waals surface area contributed by atoms with E-state index in [1.54, 1.807) is 11.8 Å². The Morgan fingerprint density at radius 3 is 2.14 bits per heavy atom. The minimum absolute atomic E-state index is 0. The van der Waals surface area contributed by atoms with E-state index in [-0.39, 0.29) is 23.9 Å². The van der Waals surface area contributed by atoms with Gasteiger partial charge in [0.05, 0.1) is 0 Å². The molecule has 2 N–H and O–H groups in total. The van der Waals surface area contributed by atoms with Crippen molar-refractivity contribution in [2.75, 3.05) is 0 Å². The molecule has 0 amide bonds. The predicted molar refractivity (Wildman–Crippen MR) is 95.6 cm³/mol. The van der Waals surface area contributed by atoms with Crippen LogP contribution in [0.25, 0.3) is 0 Å². The Bertz CT molecular complexity index is 576. The van der Waals surface area contributed by atoms with Crippen LogP contribution in [-0.4, -0.2) is 0 Å². The van der Waals surface area contributed by atoms with Crippen molar-refractivity contribution in [3.8, 4) is 0 Å². The van der Waals surface area contributed by atoms with E-state index < -0.39 is 0 Å². The summed E-state index contributed by atoms with van der Waals surface area (Å²) in [7, 11) is 0. The first-order valence-electron chi connectivity index (χ1n) is 6.66. The second-order valence-corrected chi connectivity index (χ2v) is 7.49. The zero-order valence-electron chi connectivity index (χ0n) is 12.5. The lowest BCUT2D eigenvalue weighted by Gasteiger charge is -2.29. The first kappa shape index (κ1) is 18.4. The summed E-state index contributed by atoms with van der Waals surface area (Å²) < 4.78 is 0. The summed E-state index contributed by atoms with van der Waals surface area (Å²) >= 11 is 7.66. The van der Waals surface area contributed by atoms with E-state index in [1.165, 1.54) is 15.4 Å². The smallest absolute Gasteiger partial charge is 0.0406 e. The minimum atomic E-state index is 0. The van der Waals surface area contributed by atoms with Gasteiger partial charge in [0.25, 0.3) is 0 Å². The summed E-state index contributed by atoms with van der Waals surface area (Å²) in [6.07, 6.45) is 0. The highest BCUT2D eigenvalue weighted by Crippen LogP contribution is 2.38. The topological polar surface area (TPSA) is 26.0 Å². The second-order valence-electron chi connectivity index (χ2n) is 5.94. The summed E-state index contributed by atoms with van der Waals surface area (Å²) in [4.78, 5) is 2.38. The molecular weight excluding hydrogens is 321 g/mol. The normalized spacial score (nSPS) is 12.6. The maximum absolute atomic E-state index is 6.42. The molecular formula is C17H21Cl2NS. The van der Waals surface area contributed by atoms with Crippen LogP contribution in [-0.2, 0) is 0 Å². The van der Waals surface area contributed by atoms with Gasteiger partial charge < -0.3 is 5.73 Å². The van der Waals surface area contributed by atoms with Crippen molar-refractivity contribution >= 4 is 35.8 Å². The fourth-order valence-electron chi connectivity index (χ4n) is 1.93. The molecule has 2 aromatic carbocycles. The molecule has 21 heavy (non-hydrogen) atoms. The molecule has 1 nitrogen and oxygen atoms in total. The SMILES string of the molecule is CC(C)(C)[C@H](N)c1ccccc1Sc1ccc(Cl)cc1.Cl. The van der Waals surface area contributed by atoms with E-state index in [1.807, 2.05) is 30.3 Å². The zero-order chi connectivity index (χ0) is 14.8. The lowest BCUT2D eigenvalue weighted by Crippen LogP contribution is -2.26. The fraction of sp³-hybridized carbons (Fsp3) is 0.294. The van der Waals surface area contributed by atoms with Crippen LogP contribution in [0.1, 0.15) is 32.4 Å². The van der Waals surface area contributed by atoms with E-state index in [4.69, 9.17) is 17.3 Å². The summed E-state index contributed by atoms with van der Waals surface area (Å²) in [6.45, 7) is 6.50. The first-order valence-corrected chi connectivity index (χ1v) is 7.85. The largest absolute Gasteiger partial charge is 0.323 e. The zero-order valence-corrected chi connectivity index (χ0v) is 14.9. The molecule has 2 aromatic rings. The van der Waals surface area contributed by atoms with Gasteiger partial charge in [-0.2, -0.15) is 0 Å². The summed E-state index contributed by atoms with van der Waals surface area (Å²) in [5, 5.41) is 0.758. The average molecular weight is 342 g/mol. The number of rotatable bonds is 3. The number of benzene rings is 2. The van der Waals surface area contributed by atoms with Crippen molar-refractivity contribution in [3.05, 3.63) is 59.1 Å². The quantitative estimate of drug-likeness (QED) is 0.745. The Kier molecular flexibility index (Phi) is 6.61. The van der Waals surface area contributed by atoms with Gasteiger partial charge in [-0.1, -0.05) is 62.3 Å². The van der Waals surface area contributed by atoms with Gasteiger partial charge in [-0.15, -0.1) is 12.4 Å². The number of halogens is 2. The van der Waals surface area contributed by atoms with Crippen molar-refractivity contribution in [3.63, 3.8) is 0 Å². The number of hydrogen-bond donors (Lipinski definition) is 1. The van der Waals surface area contributed by atoms with Crippen molar-refractivity contribution in [1.29, 1.82) is 0 Å². The second kappa shape index (κ2) is 7.55. The van der Waals surface area contributed by atoms with Crippen LogP contribution < -0.4 is 5.73 Å². The molecule has 114 valence electrons. The van der Waals surface area contributed by atoms with Gasteiger partial charge in [0.2, 0.25) is 0 Å². The summed E-state index contributed by atoms with van der Waals surface area (Å²) in [5.74, 6) is 0. The molecule has 0 fully saturated rings. The lowest BCUT2D eigenvalue weighted by atomic mass is 9.83. The van der Waals surface area contributed by atoms with Crippen LogP contribution in [0.2, 0.25) is 5.02 Å². The summed E-state index contributed by atoms with van der Waals surface area (Å²) in [5.41, 5.74) is 7.65. The Labute approximate surface area is 142 Å². The molecule has 0 bridgehead atoms. The highest BCUT2D eigenvalue weighted by molar-refractivity contribution is 7.99. The average Bonchev–Trinajstić information content (AvgIpc) is 2.40. The third-order valence-electron chi connectivity index (χ3n) is 3.23. The monoisotopic (exact) mass is 341 g/mol. The van der Waals surface area contributed by atoms with Gasteiger partial charge in [0.15, 0.2) is 0 Å². The number of nitrogens with two attached hydrogens (primary N) is 1. The Morgan fingerprint density at radius 1 is 1.00 bits per heavy atom. The first-order chi connectivity index (χ1) is 9.38. The Balaban J connectivity index is 0.00000220. The van der Waals surface area contributed by atoms with E-state index in [0.29, 0.717) is 0 Å². The van der Waals surface area contributed by atoms with Gasteiger partial charge in [-0.05, 0) is 41.3 Å². The van der Waals surface area contributed by atoms with Crippen molar-refractivity contribution in [2.24, 2.45) is 11.1 Å². The van der Waals surface area contributed by atoms with E-state index >= 15 is 0 Å². The van der Waals surface area contributed by atoms with Crippen LogP contribution in [0.3, 0.4) is 0 Å². The Morgan fingerprint density at radius 2 is 1.57 bits per heavy atom. The van der Waals surface area contributed by atoms with Crippen LogP contribution in [0, 0.1) is 5.41 Å². The van der Waals surface area contributed by atoms with Crippen molar-refractivity contribution in [2.45, 2.75) is 36.6 Å². The molecule has 0 radical (unpaired) electrons. The van der Waals surface area contributed by atoms with E-state index in [2.05, 4.69) is 39.0 Å². The fourth-order valence-corrected chi connectivity index (χ4v) is 3.04. The van der Waals surface area contributed by atoms with Crippen LogP contribution in [0.5, 0.6) is 0 Å². The van der Waals surface area contributed by atoms with Crippen LogP contribution in [0.15, 0.2) is 58.3 Å². The summed E-state index contributed by atoms with van der Waals surface area (Å²) in [6, 6.07) is 16.3. The van der Waals surface area contributed by atoms with Crippen molar-refractivity contribution < 1.29 is 0 Å². The van der Waals surface area contributed by atoms with Gasteiger partial charge in [0.1, 0.15) is 0 Å². The van der Waals surface area contributed by atoms with Gasteiger partial charge in [-0.25, -0.2) is 0 Å². The van der Waals surface area contributed by atoms with E-state index in [9.17, 15) is 0 Å². The molecule has 0 aliphatic heterocycles. The molecule has 0 aliphatic rings.